The van der Waals surface area contributed by atoms with E-state index in [1.807, 2.05) is 6.21 Å². The summed E-state index contributed by atoms with van der Waals surface area (Å²) >= 11 is 0. The average molecular weight is 265 g/mol. The van der Waals surface area contributed by atoms with Crippen molar-refractivity contribution in [2.24, 2.45) is 10.7 Å². The summed E-state index contributed by atoms with van der Waals surface area (Å²) in [7, 11) is 0. The Morgan fingerprint density at radius 2 is 2.00 bits per heavy atom. The second-order valence-corrected chi connectivity index (χ2v) is 5.35. The third-order valence-corrected chi connectivity index (χ3v) is 3.64. The molecular weight excluding hydrogens is 234 g/mol. The molecule has 1 atom stereocenters. The molecular formula is C16H31N3. The molecule has 3 heteroatoms. The number of nitrogens with two attached hydrogens (primary N) is 1. The second kappa shape index (κ2) is 11.2. The van der Waals surface area contributed by atoms with E-state index in [9.17, 15) is 0 Å². The van der Waals surface area contributed by atoms with Gasteiger partial charge in [0, 0.05) is 25.8 Å². The number of rotatable bonds is 11. The van der Waals surface area contributed by atoms with Crippen LogP contribution in [0.5, 0.6) is 0 Å². The summed E-state index contributed by atoms with van der Waals surface area (Å²) in [5.74, 6) is 0. The molecule has 0 saturated heterocycles. The maximum absolute atomic E-state index is 5.61. The van der Waals surface area contributed by atoms with Gasteiger partial charge in [0.2, 0.25) is 0 Å². The lowest BCUT2D eigenvalue weighted by Crippen LogP contribution is -2.34. The Morgan fingerprint density at radius 1 is 1.21 bits per heavy atom. The summed E-state index contributed by atoms with van der Waals surface area (Å²) in [6.45, 7) is 4.94. The minimum atomic E-state index is 0.410. The fraction of sp³-hybridized carbons (Fsp3) is 0.812. The number of aliphatic imine (C=N–C) groups is 1. The van der Waals surface area contributed by atoms with E-state index in [1.54, 1.807) is 0 Å². The molecule has 1 aliphatic heterocycles. The Hall–Kier alpha value is -0.670. The van der Waals surface area contributed by atoms with Crippen molar-refractivity contribution in [2.45, 2.75) is 64.5 Å². The molecule has 0 aromatic carbocycles. The van der Waals surface area contributed by atoms with Crippen molar-refractivity contribution >= 4 is 6.21 Å². The van der Waals surface area contributed by atoms with E-state index in [1.165, 1.54) is 51.4 Å². The maximum atomic E-state index is 5.61. The lowest BCUT2D eigenvalue weighted by molar-refractivity contribution is 0.241. The van der Waals surface area contributed by atoms with Crippen LogP contribution in [-0.4, -0.2) is 36.9 Å². The molecule has 0 aromatic rings. The van der Waals surface area contributed by atoms with Crippen molar-refractivity contribution < 1.29 is 0 Å². The van der Waals surface area contributed by atoms with Gasteiger partial charge in [0.15, 0.2) is 0 Å². The van der Waals surface area contributed by atoms with Crippen molar-refractivity contribution in [1.29, 1.82) is 0 Å². The summed E-state index contributed by atoms with van der Waals surface area (Å²) in [5.41, 5.74) is 5.61. The molecule has 1 aliphatic rings. The molecule has 0 amide bonds. The fourth-order valence-electron chi connectivity index (χ4n) is 2.50. The van der Waals surface area contributed by atoms with Crippen LogP contribution >= 0.6 is 0 Å². The molecule has 110 valence electrons. The lowest BCUT2D eigenvalue weighted by Gasteiger charge is -2.21. The first kappa shape index (κ1) is 16.4. The lowest BCUT2D eigenvalue weighted by atomic mass is 10.1. The third kappa shape index (κ3) is 7.48. The fourth-order valence-corrected chi connectivity index (χ4v) is 2.50. The Labute approximate surface area is 119 Å². The van der Waals surface area contributed by atoms with Crippen LogP contribution < -0.4 is 5.73 Å². The highest BCUT2D eigenvalue weighted by Crippen LogP contribution is 2.15. The predicted molar refractivity (Wildman–Crippen MR) is 84.7 cm³/mol. The molecule has 19 heavy (non-hydrogen) atoms. The zero-order chi connectivity index (χ0) is 13.8. The summed E-state index contributed by atoms with van der Waals surface area (Å²) < 4.78 is 0. The van der Waals surface area contributed by atoms with Crippen LogP contribution in [0.3, 0.4) is 0 Å². The zero-order valence-corrected chi connectivity index (χ0v) is 12.6. The number of unbranched alkanes of at least 4 members (excludes halogenated alkanes) is 5. The SMILES string of the molecule is CCC/C=C/CCCCCCC1N=CCN1CCN. The topological polar surface area (TPSA) is 41.6 Å². The van der Waals surface area contributed by atoms with Gasteiger partial charge < -0.3 is 5.73 Å². The van der Waals surface area contributed by atoms with Crippen LogP contribution in [0, 0.1) is 0 Å². The van der Waals surface area contributed by atoms with Crippen molar-refractivity contribution in [2.75, 3.05) is 19.6 Å². The highest BCUT2D eigenvalue weighted by Gasteiger charge is 2.18. The molecule has 0 radical (unpaired) electrons. The summed E-state index contributed by atoms with van der Waals surface area (Å²) in [5, 5.41) is 0. The summed E-state index contributed by atoms with van der Waals surface area (Å²) in [6.07, 6.45) is 17.4. The Kier molecular flexibility index (Phi) is 9.64. The van der Waals surface area contributed by atoms with Crippen molar-refractivity contribution in [3.05, 3.63) is 12.2 Å². The molecule has 0 bridgehead atoms. The monoisotopic (exact) mass is 265 g/mol. The number of hydrogen-bond donors (Lipinski definition) is 1. The molecule has 0 aromatic heterocycles. The Balaban J connectivity index is 1.94. The van der Waals surface area contributed by atoms with Crippen LogP contribution in [0.1, 0.15) is 58.3 Å². The van der Waals surface area contributed by atoms with Crippen LogP contribution in [-0.2, 0) is 0 Å². The largest absolute Gasteiger partial charge is 0.329 e. The standard InChI is InChI=1S/C16H31N3/c1-2-3-4-5-6-7-8-9-10-11-16-18-13-15-19(16)14-12-17/h4-5,13,16H,2-3,6-12,14-15,17H2,1H3/b5-4+. The first-order chi connectivity index (χ1) is 9.38. The quantitative estimate of drug-likeness (QED) is 0.460. The zero-order valence-electron chi connectivity index (χ0n) is 12.6. The van der Waals surface area contributed by atoms with Gasteiger partial charge in [0.25, 0.3) is 0 Å². The number of allylic oxidation sites excluding steroid dienone is 2. The molecule has 1 unspecified atom stereocenters. The van der Waals surface area contributed by atoms with Crippen LogP contribution in [0.4, 0.5) is 0 Å². The van der Waals surface area contributed by atoms with Crippen molar-refractivity contribution in [3.63, 3.8) is 0 Å². The van der Waals surface area contributed by atoms with E-state index in [4.69, 9.17) is 5.73 Å². The van der Waals surface area contributed by atoms with E-state index in [2.05, 4.69) is 29.0 Å². The highest BCUT2D eigenvalue weighted by molar-refractivity contribution is 5.62. The molecule has 0 saturated carbocycles. The Morgan fingerprint density at radius 3 is 2.79 bits per heavy atom. The van der Waals surface area contributed by atoms with Crippen LogP contribution in [0.25, 0.3) is 0 Å². The first-order valence-corrected chi connectivity index (χ1v) is 7.99. The van der Waals surface area contributed by atoms with Gasteiger partial charge in [-0.2, -0.15) is 0 Å². The predicted octanol–water partition coefficient (Wildman–Crippen LogP) is 3.35. The number of nitrogens with zero attached hydrogens (tertiary/aromatic N) is 2. The normalized spacial score (nSPS) is 19.8. The van der Waals surface area contributed by atoms with Crippen molar-refractivity contribution in [3.8, 4) is 0 Å². The molecule has 1 rings (SSSR count). The molecule has 0 fully saturated rings. The van der Waals surface area contributed by atoms with Gasteiger partial charge in [-0.3, -0.25) is 9.89 Å². The van der Waals surface area contributed by atoms with Crippen LogP contribution in [0.2, 0.25) is 0 Å². The second-order valence-electron chi connectivity index (χ2n) is 5.35. The summed E-state index contributed by atoms with van der Waals surface area (Å²) in [4.78, 5) is 6.92. The van der Waals surface area contributed by atoms with Gasteiger partial charge in [-0.05, 0) is 32.1 Å². The summed E-state index contributed by atoms with van der Waals surface area (Å²) in [6, 6.07) is 0. The van der Waals surface area contributed by atoms with Gasteiger partial charge in [0.05, 0.1) is 0 Å². The molecule has 0 spiro atoms. The van der Waals surface area contributed by atoms with Gasteiger partial charge in [-0.1, -0.05) is 38.3 Å². The van der Waals surface area contributed by atoms with Gasteiger partial charge in [0.1, 0.15) is 6.17 Å². The smallest absolute Gasteiger partial charge is 0.102 e. The van der Waals surface area contributed by atoms with E-state index < -0.39 is 0 Å². The van der Waals surface area contributed by atoms with E-state index in [-0.39, 0.29) is 0 Å². The molecule has 1 heterocycles. The highest BCUT2D eigenvalue weighted by atomic mass is 15.3. The third-order valence-electron chi connectivity index (χ3n) is 3.64. The average Bonchev–Trinajstić information content (AvgIpc) is 2.85. The van der Waals surface area contributed by atoms with E-state index in [0.717, 1.165) is 19.6 Å². The van der Waals surface area contributed by atoms with Gasteiger partial charge in [-0.25, -0.2) is 0 Å². The van der Waals surface area contributed by atoms with Crippen molar-refractivity contribution in [1.82, 2.24) is 4.90 Å². The minimum Gasteiger partial charge on any atom is -0.329 e. The molecule has 2 N–H and O–H groups in total. The van der Waals surface area contributed by atoms with Crippen LogP contribution in [0.15, 0.2) is 17.1 Å². The first-order valence-electron chi connectivity index (χ1n) is 7.99. The molecule has 0 aliphatic carbocycles. The van der Waals surface area contributed by atoms with E-state index >= 15 is 0 Å². The molecule has 3 nitrogen and oxygen atoms in total. The van der Waals surface area contributed by atoms with E-state index in [0.29, 0.717) is 6.17 Å². The number of hydrogen-bond acceptors (Lipinski definition) is 3. The van der Waals surface area contributed by atoms with Gasteiger partial charge in [-0.15, -0.1) is 0 Å². The maximum Gasteiger partial charge on any atom is 0.102 e. The minimum absolute atomic E-state index is 0.410. The van der Waals surface area contributed by atoms with Gasteiger partial charge >= 0.3 is 0 Å². The Bertz CT molecular complexity index is 261.